The number of ether oxygens (including phenoxy) is 1. The molecule has 0 fully saturated rings. The zero-order chi connectivity index (χ0) is 13.4. The number of nitrogens with zero attached hydrogens (tertiary/aromatic N) is 2. The van der Waals surface area contributed by atoms with Crippen LogP contribution in [0, 0.1) is 0 Å². The van der Waals surface area contributed by atoms with Gasteiger partial charge in [-0.25, -0.2) is 4.79 Å². The van der Waals surface area contributed by atoms with Crippen LogP contribution in [0.2, 0.25) is 0 Å². The number of rotatable bonds is 6. The summed E-state index contributed by atoms with van der Waals surface area (Å²) in [5, 5.41) is 11.1. The summed E-state index contributed by atoms with van der Waals surface area (Å²) in [7, 11) is 0. The summed E-state index contributed by atoms with van der Waals surface area (Å²) in [5.41, 5.74) is 0.707. The summed E-state index contributed by atoms with van der Waals surface area (Å²) in [6.45, 7) is 2.88. The minimum atomic E-state index is -0.938. The minimum absolute atomic E-state index is 0.315. The van der Waals surface area contributed by atoms with Crippen LogP contribution in [0.5, 0.6) is 5.75 Å². The Labute approximate surface area is 111 Å². The van der Waals surface area contributed by atoms with Crippen LogP contribution in [0.15, 0.2) is 29.3 Å². The highest BCUT2D eigenvalue weighted by molar-refractivity contribution is 7.78. The lowest BCUT2D eigenvalue weighted by Gasteiger charge is -2.16. The van der Waals surface area contributed by atoms with Crippen LogP contribution in [0.25, 0.3) is 0 Å². The highest BCUT2D eigenvalue weighted by Gasteiger charge is 2.08. The average Bonchev–Trinajstić information content (AvgIpc) is 2.36. The first-order chi connectivity index (χ1) is 8.67. The molecular formula is C12H14N2O3S. The molecule has 5 nitrogen and oxygen atoms in total. The van der Waals surface area contributed by atoms with Gasteiger partial charge in [0, 0.05) is 6.54 Å². The third-order valence-corrected chi connectivity index (χ3v) is 2.38. The number of aliphatic imine (C=N–C) groups is 1. The molecule has 18 heavy (non-hydrogen) atoms. The second kappa shape index (κ2) is 7.42. The molecule has 0 aliphatic carbocycles. The molecule has 0 radical (unpaired) electrons. The summed E-state index contributed by atoms with van der Waals surface area (Å²) in [5.74, 6) is 0.666. The van der Waals surface area contributed by atoms with Crippen LogP contribution < -0.4 is 4.74 Å². The van der Waals surface area contributed by atoms with Gasteiger partial charge in [-0.3, -0.25) is 0 Å². The summed E-state index contributed by atoms with van der Waals surface area (Å²) in [4.78, 5) is 15.8. The lowest BCUT2D eigenvalue weighted by molar-refractivity contribution is 0.138. The highest BCUT2D eigenvalue weighted by atomic mass is 32.1. The van der Waals surface area contributed by atoms with Gasteiger partial charge in [0.1, 0.15) is 12.4 Å². The van der Waals surface area contributed by atoms with Crippen molar-refractivity contribution in [2.75, 3.05) is 19.7 Å². The van der Waals surface area contributed by atoms with E-state index < -0.39 is 6.09 Å². The molecule has 1 aromatic carbocycles. The molecule has 0 aliphatic rings. The predicted molar refractivity (Wildman–Crippen MR) is 71.9 cm³/mol. The number of hydrogen-bond acceptors (Lipinski definition) is 4. The minimum Gasteiger partial charge on any atom is -0.492 e. The fourth-order valence-corrected chi connectivity index (χ4v) is 1.44. The average molecular weight is 266 g/mol. The Bertz CT molecular complexity index is 441. The summed E-state index contributed by atoms with van der Waals surface area (Å²) >= 11 is 4.49. The van der Waals surface area contributed by atoms with Crippen LogP contribution in [0.4, 0.5) is 10.5 Å². The Kier molecular flexibility index (Phi) is 5.84. The van der Waals surface area contributed by atoms with Crippen LogP contribution in [-0.4, -0.2) is 41.0 Å². The van der Waals surface area contributed by atoms with Gasteiger partial charge in [-0.1, -0.05) is 0 Å². The van der Waals surface area contributed by atoms with Crippen LogP contribution in [0.1, 0.15) is 6.92 Å². The van der Waals surface area contributed by atoms with Crippen molar-refractivity contribution in [3.63, 3.8) is 0 Å². The lowest BCUT2D eigenvalue weighted by atomic mass is 10.3. The number of hydrogen-bond donors (Lipinski definition) is 1. The largest absolute Gasteiger partial charge is 0.492 e. The van der Waals surface area contributed by atoms with Crippen LogP contribution >= 0.6 is 12.2 Å². The van der Waals surface area contributed by atoms with E-state index in [9.17, 15) is 4.79 Å². The molecule has 0 bridgehead atoms. The van der Waals surface area contributed by atoms with Crippen LogP contribution in [0.3, 0.4) is 0 Å². The predicted octanol–water partition coefficient (Wildman–Crippen LogP) is 2.80. The summed E-state index contributed by atoms with van der Waals surface area (Å²) in [6.07, 6.45) is -0.938. The standard InChI is InChI=1S/C12H14N2O3S/c1-2-14(12(15)16)7-8-17-11-5-3-10(4-6-11)13-9-18/h3-6H,2,7-8H2,1H3,(H,15,16). The van der Waals surface area contributed by atoms with Crippen LogP contribution in [-0.2, 0) is 0 Å². The van der Waals surface area contributed by atoms with Crippen molar-refractivity contribution >= 4 is 29.2 Å². The Morgan fingerprint density at radius 2 is 2.17 bits per heavy atom. The molecule has 1 rings (SSSR count). The van der Waals surface area contributed by atoms with E-state index in [1.165, 1.54) is 4.90 Å². The summed E-state index contributed by atoms with van der Waals surface area (Å²) < 4.78 is 5.43. The second-order valence-electron chi connectivity index (χ2n) is 3.41. The first kappa shape index (κ1) is 14.2. The first-order valence-electron chi connectivity index (χ1n) is 5.46. The number of likely N-dealkylation sites (N-methyl/N-ethyl adjacent to an activating group) is 1. The van der Waals surface area contributed by atoms with Gasteiger partial charge in [-0.2, -0.15) is 4.99 Å². The monoisotopic (exact) mass is 266 g/mol. The van der Waals surface area contributed by atoms with E-state index in [0.29, 0.717) is 31.1 Å². The highest BCUT2D eigenvalue weighted by Crippen LogP contribution is 2.17. The topological polar surface area (TPSA) is 62.1 Å². The van der Waals surface area contributed by atoms with Crippen molar-refractivity contribution < 1.29 is 14.6 Å². The molecule has 0 heterocycles. The van der Waals surface area contributed by atoms with Gasteiger partial charge in [-0.15, -0.1) is 0 Å². The molecule has 0 aromatic heterocycles. The molecule has 0 spiro atoms. The van der Waals surface area contributed by atoms with E-state index in [1.54, 1.807) is 31.2 Å². The number of carboxylic acid groups (broad SMARTS) is 1. The number of thiocarbonyl (C=S) groups is 1. The Balaban J connectivity index is 2.44. The first-order valence-corrected chi connectivity index (χ1v) is 5.86. The molecular weight excluding hydrogens is 252 g/mol. The number of carbonyl (C=O) groups is 1. The van der Waals surface area contributed by atoms with Crippen molar-refractivity contribution in [3.05, 3.63) is 24.3 Å². The van der Waals surface area contributed by atoms with E-state index in [2.05, 4.69) is 22.4 Å². The number of isothiocyanates is 1. The summed E-state index contributed by atoms with van der Waals surface area (Å²) in [6, 6.07) is 7.01. The van der Waals surface area contributed by atoms with E-state index in [1.807, 2.05) is 0 Å². The molecule has 1 aromatic rings. The fraction of sp³-hybridized carbons (Fsp3) is 0.333. The van der Waals surface area contributed by atoms with Gasteiger partial charge in [0.05, 0.1) is 17.4 Å². The van der Waals surface area contributed by atoms with Crippen molar-refractivity contribution in [2.24, 2.45) is 4.99 Å². The van der Waals surface area contributed by atoms with Gasteiger partial charge in [0.15, 0.2) is 0 Å². The molecule has 0 atom stereocenters. The SMILES string of the molecule is CCN(CCOc1ccc(N=C=S)cc1)C(=O)O. The molecule has 6 heteroatoms. The maximum Gasteiger partial charge on any atom is 0.407 e. The smallest absolute Gasteiger partial charge is 0.407 e. The Morgan fingerprint density at radius 1 is 1.50 bits per heavy atom. The second-order valence-corrected chi connectivity index (χ2v) is 3.59. The lowest BCUT2D eigenvalue weighted by Crippen LogP contribution is -2.33. The zero-order valence-corrected chi connectivity index (χ0v) is 10.8. The fourth-order valence-electron chi connectivity index (χ4n) is 1.33. The van der Waals surface area contributed by atoms with Gasteiger partial charge in [0.25, 0.3) is 0 Å². The van der Waals surface area contributed by atoms with E-state index in [-0.39, 0.29) is 0 Å². The molecule has 0 unspecified atom stereocenters. The van der Waals surface area contributed by atoms with E-state index >= 15 is 0 Å². The number of amides is 1. The Morgan fingerprint density at radius 3 is 2.67 bits per heavy atom. The van der Waals surface area contributed by atoms with Crippen molar-refractivity contribution in [3.8, 4) is 5.75 Å². The Hall–Kier alpha value is -1.91. The molecule has 0 saturated carbocycles. The molecule has 1 N–H and O–H groups in total. The third-order valence-electron chi connectivity index (χ3n) is 2.29. The molecule has 96 valence electrons. The maximum absolute atomic E-state index is 10.7. The van der Waals surface area contributed by atoms with Gasteiger partial charge >= 0.3 is 6.09 Å². The molecule has 1 amide bonds. The molecule has 0 saturated heterocycles. The zero-order valence-electron chi connectivity index (χ0n) is 10.00. The van der Waals surface area contributed by atoms with Crippen molar-refractivity contribution in [1.29, 1.82) is 0 Å². The van der Waals surface area contributed by atoms with Gasteiger partial charge in [0.2, 0.25) is 0 Å². The van der Waals surface area contributed by atoms with Crippen molar-refractivity contribution in [1.82, 2.24) is 4.90 Å². The van der Waals surface area contributed by atoms with Gasteiger partial charge in [-0.05, 0) is 43.4 Å². The van der Waals surface area contributed by atoms with Crippen molar-refractivity contribution in [2.45, 2.75) is 6.92 Å². The molecule has 0 aliphatic heterocycles. The van der Waals surface area contributed by atoms with Gasteiger partial charge < -0.3 is 14.7 Å². The maximum atomic E-state index is 10.7. The normalized spacial score (nSPS) is 9.39. The van der Waals surface area contributed by atoms with E-state index in [0.717, 1.165) is 0 Å². The number of benzene rings is 1. The third kappa shape index (κ3) is 4.53. The quantitative estimate of drug-likeness (QED) is 0.635. The van der Waals surface area contributed by atoms with E-state index in [4.69, 9.17) is 9.84 Å².